The van der Waals surface area contributed by atoms with Crippen LogP contribution in [0, 0.1) is 29.4 Å². The average Bonchev–Trinajstić information content (AvgIpc) is 2.61. The normalized spacial score (nSPS) is 26.2. The molecule has 2 aliphatic carbocycles. The lowest BCUT2D eigenvalue weighted by Crippen LogP contribution is -2.22. The van der Waals surface area contributed by atoms with Crippen molar-refractivity contribution in [3.05, 3.63) is 47.7 Å². The maximum absolute atomic E-state index is 14.1. The van der Waals surface area contributed by atoms with Crippen LogP contribution in [0.25, 0.3) is 5.57 Å². The largest absolute Gasteiger partial charge is 0.453 e. The molecule has 26 heavy (non-hydrogen) atoms. The lowest BCUT2D eigenvalue weighted by molar-refractivity contribution is 0.202. The first-order chi connectivity index (χ1) is 12.4. The Morgan fingerprint density at radius 2 is 1.69 bits per heavy atom. The van der Waals surface area contributed by atoms with Crippen molar-refractivity contribution in [1.29, 1.82) is 0 Å². The molecule has 1 unspecified atom stereocenters. The Balaban J connectivity index is 0.00000261. The minimum atomic E-state index is -2.15. The molecule has 1 nitrogen and oxygen atoms in total. The van der Waals surface area contributed by atoms with Crippen LogP contribution < -0.4 is 4.74 Å². The first-order valence-electron chi connectivity index (χ1n) is 9.30. The molecular weight excluding hydrogens is 344 g/mol. The van der Waals surface area contributed by atoms with Crippen molar-refractivity contribution in [2.24, 2.45) is 17.8 Å². The van der Waals surface area contributed by atoms with Crippen LogP contribution in [0.3, 0.4) is 0 Å². The molecule has 0 N–H and O–H groups in total. The van der Waals surface area contributed by atoms with Crippen LogP contribution in [0.5, 0.6) is 5.75 Å². The van der Waals surface area contributed by atoms with Gasteiger partial charge in [-0.25, -0.2) is 8.78 Å². The topological polar surface area (TPSA) is 9.23 Å². The molecule has 1 saturated carbocycles. The van der Waals surface area contributed by atoms with Crippen LogP contribution in [0.2, 0.25) is 0 Å². The summed E-state index contributed by atoms with van der Waals surface area (Å²) >= 11 is 0. The van der Waals surface area contributed by atoms with Gasteiger partial charge in [-0.05, 0) is 73.1 Å². The van der Waals surface area contributed by atoms with Gasteiger partial charge in [-0.1, -0.05) is 25.8 Å². The van der Waals surface area contributed by atoms with Crippen molar-refractivity contribution in [1.82, 2.24) is 0 Å². The lowest BCUT2D eigenvalue weighted by atomic mass is 9.71. The molecule has 2 aliphatic rings. The summed E-state index contributed by atoms with van der Waals surface area (Å²) in [5.41, 5.74) is 1.38. The molecule has 144 valence electrons. The zero-order chi connectivity index (χ0) is 18.7. The summed E-state index contributed by atoms with van der Waals surface area (Å²) in [4.78, 5) is 0. The number of ether oxygens (including phenoxy) is 1. The summed E-state index contributed by atoms with van der Waals surface area (Å²) in [6, 6.07) is 2.33. The molecule has 0 heterocycles. The number of halogens is 4. The first kappa shape index (κ1) is 19.0. The Kier molecular flexibility index (Phi) is 6.05. The van der Waals surface area contributed by atoms with E-state index in [0.29, 0.717) is 11.5 Å². The number of allylic oxidation sites excluding steroid dienone is 2. The highest BCUT2D eigenvalue weighted by Gasteiger charge is 2.28. The van der Waals surface area contributed by atoms with E-state index in [2.05, 4.69) is 17.7 Å². The van der Waals surface area contributed by atoms with Gasteiger partial charge in [0, 0.05) is 1.43 Å². The van der Waals surface area contributed by atoms with Gasteiger partial charge in [0.15, 0.2) is 23.6 Å². The maximum Gasteiger partial charge on any atom is 0.305 e. The molecule has 0 aliphatic heterocycles. The minimum absolute atomic E-state index is 0. The Hall–Kier alpha value is -1.78. The van der Waals surface area contributed by atoms with Gasteiger partial charge in [0.1, 0.15) is 0 Å². The molecule has 0 bridgehead atoms. The molecule has 1 fully saturated rings. The van der Waals surface area contributed by atoms with Gasteiger partial charge in [-0.3, -0.25) is 0 Å². The average molecular weight is 370 g/mol. The van der Waals surface area contributed by atoms with E-state index in [1.165, 1.54) is 25.7 Å². The second kappa shape index (κ2) is 8.28. The van der Waals surface area contributed by atoms with Gasteiger partial charge in [0.25, 0.3) is 0 Å². The monoisotopic (exact) mass is 370 g/mol. The summed E-state index contributed by atoms with van der Waals surface area (Å²) in [6.07, 6.45) is 7.88. The van der Waals surface area contributed by atoms with E-state index in [1.807, 2.05) is 0 Å². The third kappa shape index (κ3) is 4.49. The van der Waals surface area contributed by atoms with Crippen molar-refractivity contribution in [2.45, 2.75) is 51.9 Å². The summed E-state index contributed by atoms with van der Waals surface area (Å²) in [6.45, 7) is 2.31. The second-order valence-corrected chi connectivity index (χ2v) is 7.58. The molecule has 0 spiro atoms. The van der Waals surface area contributed by atoms with E-state index < -0.39 is 23.5 Å². The molecule has 1 aromatic rings. The standard InChI is InChI=1S/C21H24F4O.H2/c1-13-2-4-14(5-3-13)15-6-8-16(9-7-15)17-10-18(22)21(19(23)11-17)26-12-20(24)25;/h8,10-15H,2-7,9H2,1H3;1H. The Bertz CT molecular complexity index is 681. The van der Waals surface area contributed by atoms with Crippen LogP contribution in [-0.4, -0.2) is 0 Å². The van der Waals surface area contributed by atoms with Crippen molar-refractivity contribution < 1.29 is 23.7 Å². The smallest absolute Gasteiger partial charge is 0.305 e. The molecular formula is C21H26F4O. The number of benzene rings is 1. The fourth-order valence-electron chi connectivity index (χ4n) is 4.26. The van der Waals surface area contributed by atoms with E-state index >= 15 is 0 Å². The summed E-state index contributed by atoms with van der Waals surface area (Å²) in [7, 11) is 0. The molecule has 3 rings (SSSR count). The van der Waals surface area contributed by atoms with Gasteiger partial charge in [-0.2, -0.15) is 8.78 Å². The highest BCUT2D eigenvalue weighted by molar-refractivity contribution is 5.67. The molecule has 0 saturated heterocycles. The highest BCUT2D eigenvalue weighted by atomic mass is 19.3. The summed E-state index contributed by atoms with van der Waals surface area (Å²) in [5.74, 6) is -0.499. The van der Waals surface area contributed by atoms with Crippen molar-refractivity contribution in [3.8, 4) is 5.75 Å². The maximum atomic E-state index is 14.1. The number of hydrogen-bond donors (Lipinski definition) is 0. The van der Waals surface area contributed by atoms with Crippen molar-refractivity contribution >= 4 is 5.57 Å². The fourth-order valence-corrected chi connectivity index (χ4v) is 4.26. The summed E-state index contributed by atoms with van der Waals surface area (Å²) in [5, 5.41) is 0. The fraction of sp³-hybridized carbons (Fsp3) is 0.524. The van der Waals surface area contributed by atoms with Crippen molar-refractivity contribution in [2.75, 3.05) is 0 Å². The van der Waals surface area contributed by atoms with E-state index in [4.69, 9.17) is 0 Å². The number of hydrogen-bond acceptors (Lipinski definition) is 1. The Morgan fingerprint density at radius 3 is 2.23 bits per heavy atom. The van der Waals surface area contributed by atoms with E-state index in [-0.39, 0.29) is 7.69 Å². The van der Waals surface area contributed by atoms with Gasteiger partial charge < -0.3 is 4.74 Å². The zero-order valence-electron chi connectivity index (χ0n) is 14.9. The SMILES string of the molecule is CC1CCC(C2CC=C(c3cc(F)c(OC=C(F)F)c(F)c3)CC2)CC1.[HH]. The predicted molar refractivity (Wildman–Crippen MR) is 95.8 cm³/mol. The van der Waals surface area contributed by atoms with Gasteiger partial charge in [0.2, 0.25) is 0 Å². The molecule has 5 heteroatoms. The van der Waals surface area contributed by atoms with Gasteiger partial charge in [0.05, 0.1) is 0 Å². The van der Waals surface area contributed by atoms with Crippen LogP contribution in [-0.2, 0) is 0 Å². The van der Waals surface area contributed by atoms with E-state index in [9.17, 15) is 17.6 Å². The highest BCUT2D eigenvalue weighted by Crippen LogP contribution is 2.41. The number of rotatable bonds is 4. The van der Waals surface area contributed by atoms with E-state index in [1.54, 1.807) is 0 Å². The molecule has 1 aromatic carbocycles. The van der Waals surface area contributed by atoms with Crippen molar-refractivity contribution in [3.63, 3.8) is 0 Å². The Morgan fingerprint density at radius 1 is 1.04 bits per heavy atom. The minimum Gasteiger partial charge on any atom is -0.453 e. The Labute approximate surface area is 153 Å². The summed E-state index contributed by atoms with van der Waals surface area (Å²) < 4.78 is 56.6. The third-order valence-corrected chi connectivity index (χ3v) is 5.81. The van der Waals surface area contributed by atoms with E-state index in [0.717, 1.165) is 48.8 Å². The quantitative estimate of drug-likeness (QED) is 0.398. The molecule has 0 amide bonds. The van der Waals surface area contributed by atoms with Crippen LogP contribution in [0.1, 0.15) is 58.9 Å². The van der Waals surface area contributed by atoms with Gasteiger partial charge in [-0.15, -0.1) is 0 Å². The predicted octanol–water partition coefficient (Wildman–Crippen LogP) is 7.34. The molecule has 1 atom stereocenters. The van der Waals surface area contributed by atoms with Crippen LogP contribution in [0.4, 0.5) is 17.6 Å². The second-order valence-electron chi connectivity index (χ2n) is 7.58. The van der Waals surface area contributed by atoms with Gasteiger partial charge >= 0.3 is 6.08 Å². The molecule has 0 aromatic heterocycles. The van der Waals surface area contributed by atoms with Crippen LogP contribution >= 0.6 is 0 Å². The zero-order valence-corrected chi connectivity index (χ0v) is 14.9. The van der Waals surface area contributed by atoms with Crippen LogP contribution in [0.15, 0.2) is 30.6 Å². The third-order valence-electron chi connectivity index (χ3n) is 5.81. The lowest BCUT2D eigenvalue weighted by Gasteiger charge is -2.34. The molecule has 0 radical (unpaired) electrons. The first-order valence-corrected chi connectivity index (χ1v) is 9.30.